The Bertz CT molecular complexity index is 129. The lowest BCUT2D eigenvalue weighted by Crippen LogP contribution is -2.30. The number of rotatable bonds is 1. The zero-order chi connectivity index (χ0) is 7.40. The van der Waals surface area contributed by atoms with Gasteiger partial charge in [-0.25, -0.2) is 6.57 Å². The first-order chi connectivity index (χ1) is 4.83. The number of likely N-dealkylation sites (tertiary alicyclic amines) is 1. The van der Waals surface area contributed by atoms with Gasteiger partial charge in [0.1, 0.15) is 0 Å². The Morgan fingerprint density at radius 1 is 1.50 bits per heavy atom. The van der Waals surface area contributed by atoms with Crippen LogP contribution in [0.15, 0.2) is 0 Å². The second-order valence-electron chi connectivity index (χ2n) is 3.09. The maximum absolute atomic E-state index is 6.70. The molecule has 56 valence electrons. The van der Waals surface area contributed by atoms with Gasteiger partial charge < -0.3 is 9.74 Å². The Balaban J connectivity index is 2.21. The highest BCUT2D eigenvalue weighted by Crippen LogP contribution is 2.15. The molecule has 0 spiro atoms. The topological polar surface area (TPSA) is 7.60 Å². The summed E-state index contributed by atoms with van der Waals surface area (Å²) in [7, 11) is 2.15. The molecule has 1 aliphatic rings. The summed E-state index contributed by atoms with van der Waals surface area (Å²) in [6.45, 7) is 9.81. The largest absolute Gasteiger partial charge is 0.317 e. The third-order valence-corrected chi connectivity index (χ3v) is 2.19. The molecule has 0 aromatic heterocycles. The molecular weight excluding hydrogens is 124 g/mol. The van der Waals surface area contributed by atoms with Gasteiger partial charge in [-0.3, -0.25) is 0 Å². The Labute approximate surface area is 62.7 Å². The highest BCUT2D eigenvalue weighted by atomic mass is 15.1. The molecule has 1 aliphatic heterocycles. The third kappa shape index (κ3) is 2.00. The van der Waals surface area contributed by atoms with Crippen LogP contribution in [-0.4, -0.2) is 31.6 Å². The lowest BCUT2D eigenvalue weighted by Gasteiger charge is -2.25. The fourth-order valence-electron chi connectivity index (χ4n) is 1.37. The summed E-state index contributed by atoms with van der Waals surface area (Å²) in [5, 5.41) is 0. The van der Waals surface area contributed by atoms with Gasteiger partial charge in [-0.1, -0.05) is 0 Å². The van der Waals surface area contributed by atoms with E-state index in [0.29, 0.717) is 5.92 Å². The number of piperidine rings is 1. The van der Waals surface area contributed by atoms with E-state index in [1.54, 1.807) is 0 Å². The summed E-state index contributed by atoms with van der Waals surface area (Å²) in [5.41, 5.74) is 0. The number of nitrogens with zero attached hydrogens (tertiary/aromatic N) is 2. The fraction of sp³-hybridized carbons (Fsp3) is 0.875. The van der Waals surface area contributed by atoms with Crippen LogP contribution in [0.1, 0.15) is 12.8 Å². The number of hydrogen-bond donors (Lipinski definition) is 0. The maximum Gasteiger partial charge on any atom is 0.217 e. The van der Waals surface area contributed by atoms with Crippen molar-refractivity contribution >= 4 is 0 Å². The lowest BCUT2D eigenvalue weighted by molar-refractivity contribution is 0.228. The van der Waals surface area contributed by atoms with Crippen molar-refractivity contribution in [2.24, 2.45) is 5.92 Å². The lowest BCUT2D eigenvalue weighted by atomic mass is 9.98. The second-order valence-corrected chi connectivity index (χ2v) is 3.09. The van der Waals surface area contributed by atoms with Gasteiger partial charge in [-0.05, 0) is 33.0 Å². The third-order valence-electron chi connectivity index (χ3n) is 2.19. The van der Waals surface area contributed by atoms with Gasteiger partial charge in [-0.15, -0.1) is 0 Å². The maximum atomic E-state index is 6.70. The molecule has 10 heavy (non-hydrogen) atoms. The van der Waals surface area contributed by atoms with Gasteiger partial charge in [0.15, 0.2) is 0 Å². The van der Waals surface area contributed by atoms with Crippen LogP contribution in [0.3, 0.4) is 0 Å². The van der Waals surface area contributed by atoms with E-state index in [4.69, 9.17) is 6.57 Å². The normalized spacial score (nSPS) is 22.4. The van der Waals surface area contributed by atoms with E-state index in [9.17, 15) is 0 Å². The quantitative estimate of drug-likeness (QED) is 0.495. The standard InChI is InChI=1S/C8H14N2/c1-9-7-8-3-5-10(2)6-4-8/h8H,3-7H2,2H3. The van der Waals surface area contributed by atoms with Gasteiger partial charge in [0.2, 0.25) is 6.54 Å². The molecule has 1 fully saturated rings. The van der Waals surface area contributed by atoms with E-state index in [0.717, 1.165) is 6.54 Å². The molecule has 0 saturated carbocycles. The van der Waals surface area contributed by atoms with Crippen LogP contribution in [0.4, 0.5) is 0 Å². The Morgan fingerprint density at radius 2 is 2.10 bits per heavy atom. The number of hydrogen-bond acceptors (Lipinski definition) is 1. The van der Waals surface area contributed by atoms with E-state index in [1.165, 1.54) is 25.9 Å². The molecule has 0 radical (unpaired) electrons. The molecule has 1 rings (SSSR count). The van der Waals surface area contributed by atoms with Crippen molar-refractivity contribution in [3.8, 4) is 0 Å². The summed E-state index contributed by atoms with van der Waals surface area (Å²) in [5.74, 6) is 0.689. The first kappa shape index (κ1) is 7.56. The molecule has 2 nitrogen and oxygen atoms in total. The van der Waals surface area contributed by atoms with Crippen molar-refractivity contribution in [2.45, 2.75) is 12.8 Å². The summed E-state index contributed by atoms with van der Waals surface area (Å²) in [6, 6.07) is 0. The Morgan fingerprint density at radius 3 is 2.60 bits per heavy atom. The SMILES string of the molecule is [C-]#[N+]CC1CCN(C)CC1. The highest BCUT2D eigenvalue weighted by molar-refractivity contribution is 4.76. The van der Waals surface area contributed by atoms with Crippen molar-refractivity contribution in [1.29, 1.82) is 0 Å². The average Bonchev–Trinajstić information content (AvgIpc) is 1.95. The first-order valence-corrected chi connectivity index (χ1v) is 3.84. The van der Waals surface area contributed by atoms with Crippen molar-refractivity contribution in [3.63, 3.8) is 0 Å². The second kappa shape index (κ2) is 3.58. The summed E-state index contributed by atoms with van der Waals surface area (Å²) >= 11 is 0. The molecule has 0 N–H and O–H groups in total. The van der Waals surface area contributed by atoms with E-state index in [2.05, 4.69) is 16.8 Å². The minimum atomic E-state index is 0.689. The van der Waals surface area contributed by atoms with Crippen LogP contribution in [0.5, 0.6) is 0 Å². The van der Waals surface area contributed by atoms with Gasteiger partial charge in [-0.2, -0.15) is 0 Å². The van der Waals surface area contributed by atoms with Crippen molar-refractivity contribution in [3.05, 3.63) is 11.4 Å². The van der Waals surface area contributed by atoms with Crippen LogP contribution in [0, 0.1) is 12.5 Å². The molecule has 2 heteroatoms. The van der Waals surface area contributed by atoms with Gasteiger partial charge in [0.25, 0.3) is 0 Å². The smallest absolute Gasteiger partial charge is 0.217 e. The van der Waals surface area contributed by atoms with E-state index >= 15 is 0 Å². The highest BCUT2D eigenvalue weighted by Gasteiger charge is 2.17. The van der Waals surface area contributed by atoms with E-state index in [-0.39, 0.29) is 0 Å². The summed E-state index contributed by atoms with van der Waals surface area (Å²) in [6.07, 6.45) is 2.44. The zero-order valence-electron chi connectivity index (χ0n) is 6.51. The average molecular weight is 138 g/mol. The Hall–Kier alpha value is -0.550. The monoisotopic (exact) mass is 138 g/mol. The summed E-state index contributed by atoms with van der Waals surface area (Å²) < 4.78 is 0. The summed E-state index contributed by atoms with van der Waals surface area (Å²) in [4.78, 5) is 5.75. The molecule has 0 aliphatic carbocycles. The van der Waals surface area contributed by atoms with Crippen molar-refractivity contribution in [2.75, 3.05) is 26.7 Å². The van der Waals surface area contributed by atoms with Crippen LogP contribution in [0.25, 0.3) is 4.85 Å². The first-order valence-electron chi connectivity index (χ1n) is 3.84. The Kier molecular flexibility index (Phi) is 2.70. The van der Waals surface area contributed by atoms with E-state index < -0.39 is 0 Å². The van der Waals surface area contributed by atoms with Crippen LogP contribution >= 0.6 is 0 Å². The predicted octanol–water partition coefficient (Wildman–Crippen LogP) is 1.25. The molecule has 0 aromatic rings. The predicted molar refractivity (Wildman–Crippen MR) is 41.7 cm³/mol. The minimum absolute atomic E-state index is 0.689. The minimum Gasteiger partial charge on any atom is -0.317 e. The van der Waals surface area contributed by atoms with E-state index in [1.807, 2.05) is 0 Å². The van der Waals surface area contributed by atoms with Crippen molar-refractivity contribution < 1.29 is 0 Å². The van der Waals surface area contributed by atoms with Gasteiger partial charge >= 0.3 is 0 Å². The van der Waals surface area contributed by atoms with Crippen LogP contribution in [-0.2, 0) is 0 Å². The zero-order valence-corrected chi connectivity index (χ0v) is 6.51. The molecular formula is C8H14N2. The fourth-order valence-corrected chi connectivity index (χ4v) is 1.37. The van der Waals surface area contributed by atoms with Crippen molar-refractivity contribution in [1.82, 2.24) is 4.90 Å². The molecule has 0 unspecified atom stereocenters. The molecule has 1 heterocycles. The van der Waals surface area contributed by atoms with Crippen LogP contribution in [0.2, 0.25) is 0 Å². The molecule has 0 aromatic carbocycles. The molecule has 0 bridgehead atoms. The van der Waals surface area contributed by atoms with Crippen LogP contribution < -0.4 is 0 Å². The molecule has 1 saturated heterocycles. The molecule has 0 atom stereocenters. The molecule has 0 amide bonds. The van der Waals surface area contributed by atoms with Gasteiger partial charge in [0.05, 0.1) is 0 Å². The van der Waals surface area contributed by atoms with Gasteiger partial charge in [0, 0.05) is 5.92 Å².